The molecule has 134 valence electrons. The summed E-state index contributed by atoms with van der Waals surface area (Å²) in [7, 11) is 0. The number of hydrogen-bond donors (Lipinski definition) is 2. The minimum Gasteiger partial charge on any atom is -0.390 e. The number of aliphatic hydroxyl groups excluding tert-OH is 1. The van der Waals surface area contributed by atoms with Gasteiger partial charge < -0.3 is 10.0 Å². The Morgan fingerprint density at radius 3 is 3.16 bits per heavy atom. The number of piperidine rings is 1. The zero-order valence-electron chi connectivity index (χ0n) is 14.6. The van der Waals surface area contributed by atoms with Crippen LogP contribution in [0.15, 0.2) is 11.4 Å². The van der Waals surface area contributed by atoms with E-state index in [1.54, 1.807) is 11.3 Å². The monoisotopic (exact) mass is 359 g/mol. The molecule has 3 heterocycles. The van der Waals surface area contributed by atoms with Crippen molar-refractivity contribution in [3.05, 3.63) is 38.8 Å². The second kappa shape index (κ2) is 6.92. The van der Waals surface area contributed by atoms with Crippen LogP contribution in [0.5, 0.6) is 0 Å². The summed E-state index contributed by atoms with van der Waals surface area (Å²) in [6.45, 7) is 3.81. The first kappa shape index (κ1) is 16.8. The van der Waals surface area contributed by atoms with Crippen LogP contribution in [0.25, 0.3) is 0 Å². The predicted molar refractivity (Wildman–Crippen MR) is 97.9 cm³/mol. The molecule has 2 aromatic heterocycles. The number of hydrogen-bond acceptors (Lipinski definition) is 4. The van der Waals surface area contributed by atoms with E-state index in [-0.39, 0.29) is 18.4 Å². The van der Waals surface area contributed by atoms with Crippen molar-refractivity contribution in [2.45, 2.75) is 51.6 Å². The summed E-state index contributed by atoms with van der Waals surface area (Å²) in [5, 5.41) is 18.5. The molecule has 0 radical (unpaired) electrons. The Bertz CT molecular complexity index is 767. The zero-order valence-corrected chi connectivity index (χ0v) is 15.4. The first-order valence-corrected chi connectivity index (χ1v) is 10.1. The van der Waals surface area contributed by atoms with Crippen molar-refractivity contribution >= 4 is 17.2 Å². The molecule has 1 aliphatic heterocycles. The number of carbonyl (C=O) groups excluding carboxylic acids is 1. The van der Waals surface area contributed by atoms with Gasteiger partial charge in [0.05, 0.1) is 23.6 Å². The molecule has 2 aliphatic rings. The van der Waals surface area contributed by atoms with E-state index in [0.29, 0.717) is 0 Å². The molecule has 6 heteroatoms. The Kier molecular flexibility index (Phi) is 4.65. The Labute approximate surface area is 152 Å². The van der Waals surface area contributed by atoms with Crippen molar-refractivity contribution in [2.24, 2.45) is 5.92 Å². The summed E-state index contributed by atoms with van der Waals surface area (Å²) >= 11 is 1.76. The number of H-pyrrole nitrogens is 1. The molecule has 1 saturated heterocycles. The Morgan fingerprint density at radius 1 is 1.48 bits per heavy atom. The molecule has 2 aromatic rings. The fraction of sp³-hybridized carbons (Fsp3) is 0.579. The highest BCUT2D eigenvalue weighted by Gasteiger charge is 2.30. The summed E-state index contributed by atoms with van der Waals surface area (Å²) in [6, 6.07) is 1.92. The van der Waals surface area contributed by atoms with Crippen LogP contribution < -0.4 is 0 Å². The lowest BCUT2D eigenvalue weighted by atomic mass is 9.88. The molecule has 0 aromatic carbocycles. The van der Waals surface area contributed by atoms with Crippen molar-refractivity contribution in [3.63, 3.8) is 0 Å². The summed E-state index contributed by atoms with van der Waals surface area (Å²) in [5.74, 6) is 1.17. The van der Waals surface area contributed by atoms with Gasteiger partial charge in [-0.25, -0.2) is 0 Å². The molecule has 0 unspecified atom stereocenters. The third-order valence-electron chi connectivity index (χ3n) is 5.58. The third-order valence-corrected chi connectivity index (χ3v) is 6.63. The molecule has 25 heavy (non-hydrogen) atoms. The summed E-state index contributed by atoms with van der Waals surface area (Å²) in [4.78, 5) is 16.5. The average Bonchev–Trinajstić information content (AvgIpc) is 3.27. The first-order chi connectivity index (χ1) is 12.2. The highest BCUT2D eigenvalue weighted by Crippen LogP contribution is 2.34. The Morgan fingerprint density at radius 2 is 2.36 bits per heavy atom. The summed E-state index contributed by atoms with van der Waals surface area (Å²) < 4.78 is 0. The van der Waals surface area contributed by atoms with E-state index in [1.165, 1.54) is 16.9 Å². The first-order valence-electron chi connectivity index (χ1n) is 9.19. The smallest absolute Gasteiger partial charge is 0.255 e. The van der Waals surface area contributed by atoms with Crippen LogP contribution in [-0.2, 0) is 19.4 Å². The van der Waals surface area contributed by atoms with E-state index in [2.05, 4.69) is 22.5 Å². The highest BCUT2D eigenvalue weighted by molar-refractivity contribution is 7.10. The minimum absolute atomic E-state index is 0.0260. The quantitative estimate of drug-likeness (QED) is 0.885. The van der Waals surface area contributed by atoms with Crippen LogP contribution in [0.3, 0.4) is 0 Å². The van der Waals surface area contributed by atoms with Crippen molar-refractivity contribution in [3.8, 4) is 0 Å². The lowest BCUT2D eigenvalue weighted by molar-refractivity contribution is 0.0705. The van der Waals surface area contributed by atoms with Crippen LogP contribution in [-0.4, -0.2) is 39.2 Å². The van der Waals surface area contributed by atoms with Gasteiger partial charge in [-0.15, -0.1) is 11.3 Å². The van der Waals surface area contributed by atoms with E-state index < -0.39 is 0 Å². The van der Waals surface area contributed by atoms with E-state index in [4.69, 9.17) is 0 Å². The molecule has 1 fully saturated rings. The molecule has 5 nitrogen and oxygen atoms in total. The van der Waals surface area contributed by atoms with Gasteiger partial charge in [0.15, 0.2) is 0 Å². The lowest BCUT2D eigenvalue weighted by Crippen LogP contribution is -2.39. The maximum absolute atomic E-state index is 13.1. The van der Waals surface area contributed by atoms with Gasteiger partial charge in [0, 0.05) is 29.3 Å². The van der Waals surface area contributed by atoms with Gasteiger partial charge in [-0.2, -0.15) is 5.10 Å². The topological polar surface area (TPSA) is 69.2 Å². The molecule has 2 N–H and O–H groups in total. The minimum atomic E-state index is -0.0260. The van der Waals surface area contributed by atoms with Crippen LogP contribution >= 0.6 is 11.3 Å². The molecule has 2 atom stereocenters. The standard InChI is InChI=1S/C19H25N3O2S/c1-12-4-5-15-16(11-25-18(15)7-12)19(24)22-6-2-3-13(9-22)17-8-14(10-23)20-21-17/h8,11-13,23H,2-7,9-10H2,1H3,(H,20,21)/t12-,13-/m0/s1. The van der Waals surface area contributed by atoms with Crippen LogP contribution in [0.2, 0.25) is 0 Å². The number of aliphatic hydroxyl groups is 1. The van der Waals surface area contributed by atoms with Gasteiger partial charge in [0.1, 0.15) is 0 Å². The van der Waals surface area contributed by atoms with Crippen molar-refractivity contribution in [1.29, 1.82) is 0 Å². The third kappa shape index (κ3) is 3.25. The second-order valence-corrected chi connectivity index (χ2v) is 8.43. The fourth-order valence-corrected chi connectivity index (χ4v) is 5.34. The fourth-order valence-electron chi connectivity index (χ4n) is 4.10. The number of aromatic amines is 1. The van der Waals surface area contributed by atoms with Gasteiger partial charge in [0.2, 0.25) is 0 Å². The molecular formula is C19H25N3O2S. The largest absolute Gasteiger partial charge is 0.390 e. The van der Waals surface area contributed by atoms with Crippen molar-refractivity contribution < 1.29 is 9.90 Å². The van der Waals surface area contributed by atoms with Crippen LogP contribution in [0.4, 0.5) is 0 Å². The predicted octanol–water partition coefficient (Wildman–Crippen LogP) is 3.11. The van der Waals surface area contributed by atoms with Crippen molar-refractivity contribution in [2.75, 3.05) is 13.1 Å². The number of carbonyl (C=O) groups is 1. The molecular weight excluding hydrogens is 334 g/mol. The second-order valence-electron chi connectivity index (χ2n) is 7.47. The number of rotatable bonds is 3. The Hall–Kier alpha value is -1.66. The maximum atomic E-state index is 13.1. The normalized spacial score (nSPS) is 23.5. The Balaban J connectivity index is 1.50. The van der Waals surface area contributed by atoms with Gasteiger partial charge in [0.25, 0.3) is 5.91 Å². The number of amides is 1. The molecule has 1 aliphatic carbocycles. The van der Waals surface area contributed by atoms with Gasteiger partial charge in [-0.1, -0.05) is 6.92 Å². The maximum Gasteiger partial charge on any atom is 0.255 e. The number of nitrogens with zero attached hydrogens (tertiary/aromatic N) is 2. The van der Waals surface area contributed by atoms with Crippen molar-refractivity contribution in [1.82, 2.24) is 15.1 Å². The van der Waals surface area contributed by atoms with E-state index in [1.807, 2.05) is 11.0 Å². The number of aromatic nitrogens is 2. The van der Waals surface area contributed by atoms with Crippen LogP contribution in [0, 0.1) is 5.92 Å². The molecule has 0 bridgehead atoms. The van der Waals surface area contributed by atoms with E-state index in [0.717, 1.165) is 61.6 Å². The summed E-state index contributed by atoms with van der Waals surface area (Å²) in [5.41, 5.74) is 3.94. The number of thiophene rings is 1. The number of fused-ring (bicyclic) bond motifs is 1. The molecule has 0 spiro atoms. The molecule has 0 saturated carbocycles. The van der Waals surface area contributed by atoms with Gasteiger partial charge in [-0.3, -0.25) is 9.89 Å². The lowest BCUT2D eigenvalue weighted by Gasteiger charge is -2.32. The van der Waals surface area contributed by atoms with Gasteiger partial charge >= 0.3 is 0 Å². The molecule has 4 rings (SSSR count). The summed E-state index contributed by atoms with van der Waals surface area (Å²) in [6.07, 6.45) is 5.38. The van der Waals surface area contributed by atoms with E-state index >= 15 is 0 Å². The number of nitrogens with one attached hydrogen (secondary N) is 1. The van der Waals surface area contributed by atoms with Gasteiger partial charge in [-0.05, 0) is 49.7 Å². The SMILES string of the molecule is C[C@H]1CCc2c(C(=O)N3CCC[C@H](c4cc(CO)[nH]n4)C3)csc2C1. The molecule has 1 amide bonds. The number of likely N-dealkylation sites (tertiary alicyclic amines) is 1. The average molecular weight is 359 g/mol. The van der Waals surface area contributed by atoms with E-state index in [9.17, 15) is 9.90 Å². The zero-order chi connectivity index (χ0) is 17.4. The van der Waals surface area contributed by atoms with Crippen LogP contribution in [0.1, 0.15) is 64.3 Å². The highest BCUT2D eigenvalue weighted by atomic mass is 32.1.